The lowest BCUT2D eigenvalue weighted by atomic mass is 10.2. The van der Waals surface area contributed by atoms with Gasteiger partial charge in [0.05, 0.1) is 17.1 Å². The fourth-order valence-corrected chi connectivity index (χ4v) is 2.88. The second-order valence-electron chi connectivity index (χ2n) is 5.62. The zero-order valence-electron chi connectivity index (χ0n) is 14.6. The second kappa shape index (κ2) is 9.15. The van der Waals surface area contributed by atoms with E-state index in [1.165, 1.54) is 30.3 Å². The molecule has 9 heteroatoms. The number of rotatable bonds is 8. The normalized spacial score (nSPS) is 10.9. The van der Waals surface area contributed by atoms with Crippen molar-refractivity contribution in [3.63, 3.8) is 0 Å². The smallest absolute Gasteiger partial charge is 0.340 e. The molecule has 0 aliphatic carbocycles. The van der Waals surface area contributed by atoms with Crippen LogP contribution in [0.2, 0.25) is 0 Å². The molecule has 2 rings (SSSR count). The lowest BCUT2D eigenvalue weighted by molar-refractivity contribution is -0.119. The van der Waals surface area contributed by atoms with Gasteiger partial charge in [-0.2, -0.15) is 0 Å². The summed E-state index contributed by atoms with van der Waals surface area (Å²) >= 11 is 0. The van der Waals surface area contributed by atoms with E-state index >= 15 is 0 Å². The summed E-state index contributed by atoms with van der Waals surface area (Å²) in [6.45, 7) is -0.365. The van der Waals surface area contributed by atoms with E-state index < -0.39 is 28.3 Å². The first-order valence-electron chi connectivity index (χ1n) is 8.02. The molecule has 0 unspecified atom stereocenters. The van der Waals surface area contributed by atoms with Gasteiger partial charge in [0.1, 0.15) is 0 Å². The van der Waals surface area contributed by atoms with Gasteiger partial charge in [-0.05, 0) is 30.3 Å². The van der Waals surface area contributed by atoms with Crippen molar-refractivity contribution < 1.29 is 27.9 Å². The van der Waals surface area contributed by atoms with Crippen molar-refractivity contribution in [1.82, 2.24) is 0 Å². The maximum atomic E-state index is 12.2. The molecule has 0 bridgehead atoms. The highest BCUT2D eigenvalue weighted by Crippen LogP contribution is 2.17. The summed E-state index contributed by atoms with van der Waals surface area (Å²) in [5.74, 6) is -1.30. The molecular formula is C18H20N2O6S. The largest absolute Gasteiger partial charge is 0.452 e. The first-order valence-corrected chi connectivity index (χ1v) is 9.91. The number of hydrogen-bond donors (Lipinski definition) is 3. The van der Waals surface area contributed by atoms with Crippen LogP contribution in [0.3, 0.4) is 0 Å². The molecule has 0 saturated carbocycles. The average molecular weight is 392 g/mol. The van der Waals surface area contributed by atoms with Crippen molar-refractivity contribution in [2.75, 3.05) is 36.6 Å². The Morgan fingerprint density at radius 1 is 1.11 bits per heavy atom. The fraction of sp³-hybridized carbons (Fsp3) is 0.222. The number of esters is 1. The van der Waals surface area contributed by atoms with E-state index in [0.717, 1.165) is 6.26 Å². The van der Waals surface area contributed by atoms with E-state index in [9.17, 15) is 18.0 Å². The summed E-state index contributed by atoms with van der Waals surface area (Å²) in [7, 11) is -3.40. The Labute approximate surface area is 157 Å². The number of anilines is 2. The van der Waals surface area contributed by atoms with Crippen LogP contribution < -0.4 is 10.6 Å². The number of hydrogen-bond acceptors (Lipinski definition) is 7. The lowest BCUT2D eigenvalue weighted by Gasteiger charge is -2.11. The van der Waals surface area contributed by atoms with E-state index in [1.807, 2.05) is 0 Å². The molecule has 0 fully saturated rings. The molecule has 0 aliphatic heterocycles. The van der Waals surface area contributed by atoms with E-state index in [-0.39, 0.29) is 29.3 Å². The Morgan fingerprint density at radius 3 is 2.56 bits per heavy atom. The molecule has 3 N–H and O–H groups in total. The van der Waals surface area contributed by atoms with Crippen LogP contribution in [-0.4, -0.2) is 51.4 Å². The predicted molar refractivity (Wildman–Crippen MR) is 100 cm³/mol. The molecule has 8 nitrogen and oxygen atoms in total. The Bertz CT molecular complexity index is 927. The van der Waals surface area contributed by atoms with Gasteiger partial charge in [-0.25, -0.2) is 13.2 Å². The van der Waals surface area contributed by atoms with Crippen molar-refractivity contribution in [2.45, 2.75) is 4.90 Å². The summed E-state index contributed by atoms with van der Waals surface area (Å²) in [4.78, 5) is 24.2. The Balaban J connectivity index is 1.97. The predicted octanol–water partition coefficient (Wildman–Crippen LogP) is 1.29. The van der Waals surface area contributed by atoms with E-state index in [4.69, 9.17) is 9.84 Å². The van der Waals surface area contributed by atoms with Crippen LogP contribution in [-0.2, 0) is 19.4 Å². The van der Waals surface area contributed by atoms with Crippen molar-refractivity contribution in [1.29, 1.82) is 0 Å². The van der Waals surface area contributed by atoms with E-state index in [2.05, 4.69) is 10.6 Å². The zero-order chi connectivity index (χ0) is 19.9. The van der Waals surface area contributed by atoms with Crippen LogP contribution in [0.15, 0.2) is 53.4 Å². The van der Waals surface area contributed by atoms with Gasteiger partial charge in [0, 0.05) is 24.2 Å². The summed E-state index contributed by atoms with van der Waals surface area (Å²) < 4.78 is 28.1. The van der Waals surface area contributed by atoms with Crippen molar-refractivity contribution in [3.05, 3.63) is 54.1 Å². The minimum atomic E-state index is -3.40. The SMILES string of the molecule is CS(=O)(=O)c1cccc(NC(=O)COC(=O)c2ccccc2NCCO)c1. The summed E-state index contributed by atoms with van der Waals surface area (Å²) in [6, 6.07) is 12.3. The number of aliphatic hydroxyl groups is 1. The molecule has 2 aromatic carbocycles. The number of carbonyl (C=O) groups excluding carboxylic acids is 2. The van der Waals surface area contributed by atoms with Crippen LogP contribution in [0.4, 0.5) is 11.4 Å². The zero-order valence-corrected chi connectivity index (χ0v) is 15.5. The maximum Gasteiger partial charge on any atom is 0.340 e. The molecule has 0 aliphatic rings. The number of nitrogens with one attached hydrogen (secondary N) is 2. The van der Waals surface area contributed by atoms with Gasteiger partial charge in [-0.3, -0.25) is 4.79 Å². The van der Waals surface area contributed by atoms with Gasteiger partial charge in [0.15, 0.2) is 16.4 Å². The first kappa shape index (κ1) is 20.4. The van der Waals surface area contributed by atoms with Gasteiger partial charge in [-0.15, -0.1) is 0 Å². The van der Waals surface area contributed by atoms with E-state index in [1.54, 1.807) is 18.2 Å². The minimum absolute atomic E-state index is 0.0705. The molecule has 0 radical (unpaired) electrons. The van der Waals surface area contributed by atoms with Gasteiger partial charge in [0.25, 0.3) is 5.91 Å². The van der Waals surface area contributed by atoms with Crippen LogP contribution in [0.25, 0.3) is 0 Å². The van der Waals surface area contributed by atoms with Crippen molar-refractivity contribution >= 4 is 33.1 Å². The number of benzene rings is 2. The molecule has 2 aromatic rings. The van der Waals surface area contributed by atoms with Crippen molar-refractivity contribution in [3.8, 4) is 0 Å². The second-order valence-corrected chi connectivity index (χ2v) is 7.64. The Hall–Kier alpha value is -2.91. The molecule has 0 heterocycles. The fourth-order valence-electron chi connectivity index (χ4n) is 2.22. The Kier molecular flexibility index (Phi) is 6.91. The number of aliphatic hydroxyl groups excluding tert-OH is 1. The molecule has 1 amide bonds. The first-order chi connectivity index (χ1) is 12.8. The highest BCUT2D eigenvalue weighted by atomic mass is 32.2. The number of sulfone groups is 1. The quantitative estimate of drug-likeness (QED) is 0.579. The van der Waals surface area contributed by atoms with Crippen LogP contribution >= 0.6 is 0 Å². The van der Waals surface area contributed by atoms with Gasteiger partial charge < -0.3 is 20.5 Å². The lowest BCUT2D eigenvalue weighted by Crippen LogP contribution is -2.21. The molecular weight excluding hydrogens is 372 g/mol. The third-order valence-electron chi connectivity index (χ3n) is 3.45. The van der Waals surface area contributed by atoms with Crippen LogP contribution in [0.5, 0.6) is 0 Å². The summed E-state index contributed by atoms with van der Waals surface area (Å²) in [5.41, 5.74) is 1.000. The monoisotopic (exact) mass is 392 g/mol. The van der Waals surface area contributed by atoms with E-state index in [0.29, 0.717) is 5.69 Å². The molecule has 27 heavy (non-hydrogen) atoms. The average Bonchev–Trinajstić information content (AvgIpc) is 2.64. The highest BCUT2D eigenvalue weighted by Gasteiger charge is 2.15. The van der Waals surface area contributed by atoms with Crippen molar-refractivity contribution in [2.24, 2.45) is 0 Å². The number of amides is 1. The van der Waals surface area contributed by atoms with Crippen LogP contribution in [0.1, 0.15) is 10.4 Å². The molecule has 0 spiro atoms. The standard InChI is InChI=1S/C18H20N2O6S/c1-27(24,25)14-6-4-5-13(11-14)20-17(22)12-26-18(23)15-7-2-3-8-16(15)19-9-10-21/h2-8,11,19,21H,9-10,12H2,1H3,(H,20,22). The summed E-state index contributed by atoms with van der Waals surface area (Å²) in [6.07, 6.45) is 1.07. The molecule has 144 valence electrons. The highest BCUT2D eigenvalue weighted by molar-refractivity contribution is 7.90. The third-order valence-corrected chi connectivity index (χ3v) is 4.56. The van der Waals surface area contributed by atoms with Gasteiger partial charge in [0.2, 0.25) is 0 Å². The number of carbonyl (C=O) groups is 2. The maximum absolute atomic E-state index is 12.2. The molecule has 0 atom stereocenters. The minimum Gasteiger partial charge on any atom is -0.452 e. The third kappa shape index (κ3) is 6.08. The summed E-state index contributed by atoms with van der Waals surface area (Å²) in [5, 5.41) is 14.2. The number of ether oxygens (including phenoxy) is 1. The van der Waals surface area contributed by atoms with Gasteiger partial charge in [-0.1, -0.05) is 18.2 Å². The molecule has 0 saturated heterocycles. The Morgan fingerprint density at radius 2 is 1.85 bits per heavy atom. The van der Waals surface area contributed by atoms with Crippen LogP contribution in [0, 0.1) is 0 Å². The van der Waals surface area contributed by atoms with Gasteiger partial charge >= 0.3 is 5.97 Å². The topological polar surface area (TPSA) is 122 Å². The molecule has 0 aromatic heterocycles. The number of para-hydroxylation sites is 1.